The van der Waals surface area contributed by atoms with Crippen molar-refractivity contribution in [3.05, 3.63) is 53.7 Å². The Morgan fingerprint density at radius 3 is 3.00 bits per heavy atom. The van der Waals surface area contributed by atoms with Crippen molar-refractivity contribution in [2.45, 2.75) is 13.0 Å². The number of rotatable bonds is 1. The van der Waals surface area contributed by atoms with Gasteiger partial charge in [0.2, 0.25) is 6.10 Å². The molecule has 1 aromatic carbocycles. The van der Waals surface area contributed by atoms with Crippen LogP contribution in [0, 0.1) is 6.92 Å². The Morgan fingerprint density at radius 2 is 2.17 bits per heavy atom. The summed E-state index contributed by atoms with van der Waals surface area (Å²) >= 11 is 0. The fourth-order valence-electron chi connectivity index (χ4n) is 1.99. The van der Waals surface area contributed by atoms with Crippen molar-refractivity contribution in [2.24, 2.45) is 0 Å². The first-order valence-corrected chi connectivity index (χ1v) is 5.73. The molecule has 1 aliphatic rings. The second-order valence-corrected chi connectivity index (χ2v) is 4.25. The van der Waals surface area contributed by atoms with Gasteiger partial charge in [-0.2, -0.15) is 0 Å². The molecule has 0 fully saturated rings. The summed E-state index contributed by atoms with van der Waals surface area (Å²) in [5.74, 6) is 0.891. The van der Waals surface area contributed by atoms with Crippen molar-refractivity contribution in [3.8, 4) is 5.75 Å². The molecule has 4 heteroatoms. The highest BCUT2D eigenvalue weighted by atomic mass is 16.5. The molecule has 4 nitrogen and oxygen atoms in total. The number of anilines is 1. The van der Waals surface area contributed by atoms with Gasteiger partial charge in [0.05, 0.1) is 0 Å². The Hall–Kier alpha value is -2.36. The van der Waals surface area contributed by atoms with Crippen LogP contribution in [0.3, 0.4) is 0 Å². The van der Waals surface area contributed by atoms with Crippen LogP contribution in [0.5, 0.6) is 5.75 Å². The number of ether oxygens (including phenoxy) is 1. The second kappa shape index (κ2) is 4.14. The summed E-state index contributed by atoms with van der Waals surface area (Å²) in [7, 11) is 0. The minimum atomic E-state index is -0.610. The van der Waals surface area contributed by atoms with E-state index in [2.05, 4.69) is 10.3 Å². The molecule has 0 saturated heterocycles. The van der Waals surface area contributed by atoms with Crippen LogP contribution in [-0.2, 0) is 4.79 Å². The Morgan fingerprint density at radius 1 is 1.28 bits per heavy atom. The molecule has 1 aromatic heterocycles. The smallest absolute Gasteiger partial charge is 0.271 e. The van der Waals surface area contributed by atoms with Crippen LogP contribution >= 0.6 is 0 Å². The predicted octanol–water partition coefficient (Wildman–Crippen LogP) is 2.46. The minimum absolute atomic E-state index is 0.188. The Bertz CT molecular complexity index is 610. The molecule has 2 heterocycles. The van der Waals surface area contributed by atoms with Gasteiger partial charge in [-0.25, -0.2) is 4.98 Å². The van der Waals surface area contributed by atoms with Crippen LogP contribution in [0.1, 0.15) is 17.2 Å². The van der Waals surface area contributed by atoms with Crippen molar-refractivity contribution in [1.29, 1.82) is 0 Å². The van der Waals surface area contributed by atoms with E-state index in [4.69, 9.17) is 4.74 Å². The first kappa shape index (κ1) is 10.8. The highest BCUT2D eigenvalue weighted by molar-refractivity contribution is 5.97. The molecule has 0 saturated carbocycles. The molecule has 0 radical (unpaired) electrons. The van der Waals surface area contributed by atoms with E-state index < -0.39 is 6.10 Å². The van der Waals surface area contributed by atoms with E-state index in [0.717, 1.165) is 11.1 Å². The van der Waals surface area contributed by atoms with Crippen molar-refractivity contribution < 1.29 is 9.53 Å². The number of nitrogens with one attached hydrogen (secondary N) is 1. The standard InChI is InChI=1S/C14H12N2O2/c1-9-4-2-5-10(8-9)12-14(17)16-13-11(18-12)6-3-7-15-13/h2-8,12H,1H3,(H,15,16,17). The van der Waals surface area contributed by atoms with Gasteiger partial charge < -0.3 is 10.1 Å². The monoisotopic (exact) mass is 240 g/mol. The van der Waals surface area contributed by atoms with Crippen LogP contribution < -0.4 is 10.1 Å². The van der Waals surface area contributed by atoms with Crippen molar-refractivity contribution >= 4 is 11.7 Å². The summed E-state index contributed by atoms with van der Waals surface area (Å²) in [4.78, 5) is 16.1. The predicted molar refractivity (Wildman–Crippen MR) is 67.4 cm³/mol. The lowest BCUT2D eigenvalue weighted by Gasteiger charge is -2.25. The zero-order chi connectivity index (χ0) is 12.5. The van der Waals surface area contributed by atoms with Gasteiger partial charge in [0.1, 0.15) is 0 Å². The molecular formula is C14H12N2O2. The molecule has 90 valence electrons. The first-order valence-electron chi connectivity index (χ1n) is 5.73. The van der Waals surface area contributed by atoms with E-state index in [9.17, 15) is 4.79 Å². The third-order valence-electron chi connectivity index (χ3n) is 2.84. The van der Waals surface area contributed by atoms with Crippen molar-refractivity contribution in [3.63, 3.8) is 0 Å². The number of aryl methyl sites for hydroxylation is 1. The Labute approximate surface area is 105 Å². The van der Waals surface area contributed by atoms with Gasteiger partial charge in [-0.1, -0.05) is 29.8 Å². The highest BCUT2D eigenvalue weighted by Crippen LogP contribution is 2.32. The van der Waals surface area contributed by atoms with Gasteiger partial charge in [-0.15, -0.1) is 0 Å². The lowest BCUT2D eigenvalue weighted by atomic mass is 10.1. The zero-order valence-corrected chi connectivity index (χ0v) is 9.88. The molecule has 1 N–H and O–H groups in total. The molecule has 0 bridgehead atoms. The van der Waals surface area contributed by atoms with Gasteiger partial charge in [0.15, 0.2) is 11.6 Å². The van der Waals surface area contributed by atoms with Crippen molar-refractivity contribution in [2.75, 3.05) is 5.32 Å². The molecule has 1 unspecified atom stereocenters. The summed E-state index contributed by atoms with van der Waals surface area (Å²) < 4.78 is 5.71. The highest BCUT2D eigenvalue weighted by Gasteiger charge is 2.29. The number of hydrogen-bond acceptors (Lipinski definition) is 3. The van der Waals surface area contributed by atoms with Gasteiger partial charge in [0, 0.05) is 11.8 Å². The molecule has 1 aliphatic heterocycles. The summed E-state index contributed by atoms with van der Waals surface area (Å²) in [6, 6.07) is 11.3. The maximum atomic E-state index is 12.0. The van der Waals surface area contributed by atoms with Gasteiger partial charge in [-0.3, -0.25) is 4.79 Å². The summed E-state index contributed by atoms with van der Waals surface area (Å²) in [6.45, 7) is 1.99. The maximum absolute atomic E-state index is 12.0. The quantitative estimate of drug-likeness (QED) is 0.833. The maximum Gasteiger partial charge on any atom is 0.271 e. The topological polar surface area (TPSA) is 51.2 Å². The first-order chi connectivity index (χ1) is 8.74. The number of hydrogen-bond donors (Lipinski definition) is 1. The number of benzene rings is 1. The third-order valence-corrected chi connectivity index (χ3v) is 2.84. The van der Waals surface area contributed by atoms with E-state index in [1.54, 1.807) is 18.3 Å². The lowest BCUT2D eigenvalue weighted by Crippen LogP contribution is -2.30. The summed E-state index contributed by atoms with van der Waals surface area (Å²) in [6.07, 6.45) is 1.01. The average Bonchev–Trinajstić information content (AvgIpc) is 2.38. The van der Waals surface area contributed by atoms with E-state index >= 15 is 0 Å². The molecule has 0 spiro atoms. The van der Waals surface area contributed by atoms with Crippen LogP contribution in [0.25, 0.3) is 0 Å². The number of amides is 1. The number of nitrogens with zero attached hydrogens (tertiary/aromatic N) is 1. The fraction of sp³-hybridized carbons (Fsp3) is 0.143. The van der Waals surface area contributed by atoms with Crippen molar-refractivity contribution in [1.82, 2.24) is 4.98 Å². The van der Waals surface area contributed by atoms with E-state index in [1.807, 2.05) is 31.2 Å². The molecule has 1 atom stereocenters. The lowest BCUT2D eigenvalue weighted by molar-refractivity contribution is -0.123. The number of carbonyl (C=O) groups is 1. The van der Waals surface area contributed by atoms with Crippen LogP contribution in [0.2, 0.25) is 0 Å². The largest absolute Gasteiger partial charge is 0.472 e. The fourth-order valence-corrected chi connectivity index (χ4v) is 1.99. The molecular weight excluding hydrogens is 228 g/mol. The molecule has 1 amide bonds. The number of carbonyl (C=O) groups excluding carboxylic acids is 1. The third kappa shape index (κ3) is 1.82. The zero-order valence-electron chi connectivity index (χ0n) is 9.88. The molecule has 2 aromatic rings. The van der Waals surface area contributed by atoms with Crippen LogP contribution in [-0.4, -0.2) is 10.9 Å². The normalized spacial score (nSPS) is 17.6. The summed E-state index contributed by atoms with van der Waals surface area (Å²) in [5, 5.41) is 2.75. The van der Waals surface area contributed by atoms with Crippen LogP contribution in [0.15, 0.2) is 42.6 Å². The molecule has 18 heavy (non-hydrogen) atoms. The minimum Gasteiger partial charge on any atom is -0.472 e. The summed E-state index contributed by atoms with van der Waals surface area (Å²) in [5.41, 5.74) is 1.95. The van der Waals surface area contributed by atoms with Gasteiger partial charge >= 0.3 is 0 Å². The number of pyridine rings is 1. The van der Waals surface area contributed by atoms with E-state index in [-0.39, 0.29) is 5.91 Å². The molecule has 3 rings (SSSR count). The van der Waals surface area contributed by atoms with E-state index in [0.29, 0.717) is 11.6 Å². The van der Waals surface area contributed by atoms with Gasteiger partial charge in [-0.05, 0) is 19.1 Å². The SMILES string of the molecule is Cc1cccc(C2Oc3cccnc3NC2=O)c1. The number of fused-ring (bicyclic) bond motifs is 1. The molecule has 0 aliphatic carbocycles. The number of aromatic nitrogens is 1. The Kier molecular flexibility index (Phi) is 2.48. The van der Waals surface area contributed by atoms with Gasteiger partial charge in [0.25, 0.3) is 5.91 Å². The van der Waals surface area contributed by atoms with Crippen LogP contribution in [0.4, 0.5) is 5.82 Å². The van der Waals surface area contributed by atoms with E-state index in [1.165, 1.54) is 0 Å². The average molecular weight is 240 g/mol. The Balaban J connectivity index is 1.98. The second-order valence-electron chi connectivity index (χ2n) is 4.25.